The number of nitrogens with two attached hydrogens (primary N) is 1. The number of quaternary nitrogens is 1. The third-order valence-corrected chi connectivity index (χ3v) is 3.24. The fraction of sp³-hybridized carbons (Fsp3) is 0.750. The minimum Gasteiger partial charge on any atom is -0.633 e. The molecule has 0 aromatic rings. The van der Waals surface area contributed by atoms with E-state index in [2.05, 4.69) is 5.32 Å². The van der Waals surface area contributed by atoms with Gasteiger partial charge in [-0.2, -0.15) is 0 Å². The minimum atomic E-state index is -0.698. The maximum absolute atomic E-state index is 12.1. The lowest BCUT2D eigenvalue weighted by molar-refractivity contribution is -0.927. The van der Waals surface area contributed by atoms with Gasteiger partial charge in [0.15, 0.2) is 0 Å². The average Bonchev–Trinajstić information content (AvgIpc) is 2.39. The molecule has 1 rings (SSSR count). The van der Waals surface area contributed by atoms with Crippen LogP contribution in [0.5, 0.6) is 0 Å². The van der Waals surface area contributed by atoms with Crippen LogP contribution >= 0.6 is 0 Å². The van der Waals surface area contributed by atoms with E-state index < -0.39 is 11.1 Å². The second-order valence-electron chi connectivity index (χ2n) is 5.63. The zero-order valence-electron chi connectivity index (χ0n) is 11.1. The number of hydrogen-bond donors (Lipinski definition) is 3. The van der Waals surface area contributed by atoms with Crippen molar-refractivity contribution in [3.05, 3.63) is 16.9 Å². The van der Waals surface area contributed by atoms with Gasteiger partial charge in [0, 0.05) is 6.54 Å². The predicted octanol–water partition coefficient (Wildman–Crippen LogP) is -0.669. The van der Waals surface area contributed by atoms with Crippen molar-refractivity contribution in [1.82, 2.24) is 5.32 Å². The van der Waals surface area contributed by atoms with E-state index in [9.17, 15) is 10.0 Å². The SMILES string of the molecule is CC1(C)C=C(C(=O)NCCCN)C(C)(C)[NH+]1[O-]. The van der Waals surface area contributed by atoms with Gasteiger partial charge in [0.1, 0.15) is 11.1 Å². The molecule has 1 atom stereocenters. The van der Waals surface area contributed by atoms with E-state index in [-0.39, 0.29) is 11.0 Å². The molecule has 0 bridgehead atoms. The van der Waals surface area contributed by atoms with Crippen molar-refractivity contribution < 1.29 is 9.86 Å². The molecule has 0 spiro atoms. The number of hydroxylamine groups is 2. The zero-order valence-corrected chi connectivity index (χ0v) is 11.1. The lowest BCUT2D eigenvalue weighted by atomic mass is 9.96. The summed E-state index contributed by atoms with van der Waals surface area (Å²) in [5.74, 6) is -0.151. The summed E-state index contributed by atoms with van der Waals surface area (Å²) in [6.45, 7) is 8.40. The van der Waals surface area contributed by atoms with Crippen molar-refractivity contribution in [3.63, 3.8) is 0 Å². The van der Waals surface area contributed by atoms with Crippen molar-refractivity contribution in [3.8, 4) is 0 Å². The number of rotatable bonds is 4. The predicted molar refractivity (Wildman–Crippen MR) is 67.3 cm³/mol. The molecule has 0 saturated heterocycles. The fourth-order valence-electron chi connectivity index (χ4n) is 2.28. The second-order valence-corrected chi connectivity index (χ2v) is 5.63. The Labute approximate surface area is 103 Å². The highest BCUT2D eigenvalue weighted by Gasteiger charge is 2.47. The van der Waals surface area contributed by atoms with Crippen LogP contribution < -0.4 is 16.1 Å². The third-order valence-electron chi connectivity index (χ3n) is 3.24. The Kier molecular flexibility index (Phi) is 3.96. The molecule has 0 aliphatic carbocycles. The fourth-order valence-corrected chi connectivity index (χ4v) is 2.28. The lowest BCUT2D eigenvalue weighted by Crippen LogP contribution is -3.20. The lowest BCUT2D eigenvalue weighted by Gasteiger charge is -2.41. The topological polar surface area (TPSA) is 82.6 Å². The molecule has 0 aromatic carbocycles. The first-order valence-corrected chi connectivity index (χ1v) is 6.00. The van der Waals surface area contributed by atoms with Crippen LogP contribution in [-0.2, 0) is 4.79 Å². The van der Waals surface area contributed by atoms with Gasteiger partial charge >= 0.3 is 0 Å². The summed E-state index contributed by atoms with van der Waals surface area (Å²) >= 11 is 0. The molecular weight excluding hydrogens is 218 g/mol. The summed E-state index contributed by atoms with van der Waals surface area (Å²) in [7, 11) is 0. The number of amides is 1. The zero-order chi connectivity index (χ0) is 13.3. The number of nitrogens with one attached hydrogen (secondary N) is 2. The molecule has 0 saturated carbocycles. The largest absolute Gasteiger partial charge is 0.633 e. The van der Waals surface area contributed by atoms with Crippen LogP contribution in [0.15, 0.2) is 11.6 Å². The van der Waals surface area contributed by atoms with Crippen LogP contribution in [0.2, 0.25) is 0 Å². The van der Waals surface area contributed by atoms with Gasteiger partial charge in [0.2, 0.25) is 0 Å². The second kappa shape index (κ2) is 4.76. The van der Waals surface area contributed by atoms with Gasteiger partial charge in [0.25, 0.3) is 5.91 Å². The molecule has 1 aliphatic rings. The maximum atomic E-state index is 12.1. The van der Waals surface area contributed by atoms with Gasteiger partial charge in [-0.3, -0.25) is 4.79 Å². The summed E-state index contributed by atoms with van der Waals surface area (Å²) in [6, 6.07) is 0. The van der Waals surface area contributed by atoms with E-state index in [1.165, 1.54) is 0 Å². The van der Waals surface area contributed by atoms with E-state index in [4.69, 9.17) is 5.73 Å². The summed E-state index contributed by atoms with van der Waals surface area (Å²) in [5, 5.41) is 15.0. The van der Waals surface area contributed by atoms with Crippen molar-refractivity contribution in [1.29, 1.82) is 0 Å². The van der Waals surface area contributed by atoms with E-state index in [0.717, 1.165) is 6.42 Å². The van der Waals surface area contributed by atoms with Gasteiger partial charge in [-0.1, -0.05) is 0 Å². The van der Waals surface area contributed by atoms with Crippen molar-refractivity contribution >= 4 is 5.91 Å². The van der Waals surface area contributed by atoms with E-state index in [0.29, 0.717) is 18.7 Å². The molecule has 98 valence electrons. The average molecular weight is 241 g/mol. The first-order chi connectivity index (χ1) is 7.73. The molecular formula is C12H23N3O2. The van der Waals surface area contributed by atoms with Crippen molar-refractivity contribution in [2.75, 3.05) is 13.1 Å². The molecule has 5 nitrogen and oxygen atoms in total. The number of carbonyl (C=O) groups excluding carboxylic acids is 1. The molecule has 0 radical (unpaired) electrons. The van der Waals surface area contributed by atoms with Crippen LogP contribution in [0.25, 0.3) is 0 Å². The molecule has 1 unspecified atom stereocenters. The number of carbonyl (C=O) groups is 1. The molecule has 0 fully saturated rings. The highest BCUT2D eigenvalue weighted by Crippen LogP contribution is 2.24. The van der Waals surface area contributed by atoms with E-state index >= 15 is 0 Å². The number of hydrogen-bond acceptors (Lipinski definition) is 3. The van der Waals surface area contributed by atoms with Crippen LogP contribution in [0.3, 0.4) is 0 Å². The maximum Gasteiger partial charge on any atom is 0.253 e. The quantitative estimate of drug-likeness (QED) is 0.451. The smallest absolute Gasteiger partial charge is 0.253 e. The van der Waals surface area contributed by atoms with Gasteiger partial charge in [-0.15, -0.1) is 0 Å². The summed E-state index contributed by atoms with van der Waals surface area (Å²) in [6.07, 6.45) is 2.53. The Bertz CT molecular complexity index is 335. The van der Waals surface area contributed by atoms with Crippen molar-refractivity contribution in [2.24, 2.45) is 5.73 Å². The molecule has 1 aliphatic heterocycles. The standard InChI is InChI=1S/C12H23N3O2/c1-11(2)8-9(12(3,4)15(11)17)10(16)14-7-5-6-13/h8,15H,5-7,13H2,1-4H3,(H,14,16). The summed E-state index contributed by atoms with van der Waals surface area (Å²) in [4.78, 5) is 12.0. The molecule has 5 heteroatoms. The van der Waals surface area contributed by atoms with Crippen LogP contribution in [0.1, 0.15) is 34.1 Å². The Morgan fingerprint density at radius 2 is 2.06 bits per heavy atom. The normalized spacial score (nSPS) is 25.5. The van der Waals surface area contributed by atoms with Crippen LogP contribution in [0.4, 0.5) is 0 Å². The summed E-state index contributed by atoms with van der Waals surface area (Å²) in [5.41, 5.74) is 4.69. The third kappa shape index (κ3) is 2.68. The Hall–Kier alpha value is -0.910. The van der Waals surface area contributed by atoms with Gasteiger partial charge in [0.05, 0.1) is 5.57 Å². The minimum absolute atomic E-state index is 0.0916. The molecule has 1 heterocycles. The Morgan fingerprint density at radius 1 is 1.47 bits per heavy atom. The first kappa shape index (κ1) is 14.2. The monoisotopic (exact) mass is 241 g/mol. The molecule has 17 heavy (non-hydrogen) atoms. The van der Waals surface area contributed by atoms with Crippen LogP contribution in [-0.4, -0.2) is 30.1 Å². The molecule has 4 N–H and O–H groups in total. The first-order valence-electron chi connectivity index (χ1n) is 6.00. The van der Waals surface area contributed by atoms with Gasteiger partial charge in [-0.05, 0) is 46.7 Å². The molecule has 1 amide bonds. The van der Waals surface area contributed by atoms with Gasteiger partial charge in [-0.25, -0.2) is 0 Å². The van der Waals surface area contributed by atoms with Crippen molar-refractivity contribution in [2.45, 2.75) is 45.2 Å². The van der Waals surface area contributed by atoms with E-state index in [1.807, 2.05) is 13.8 Å². The van der Waals surface area contributed by atoms with Gasteiger partial charge < -0.3 is 21.3 Å². The highest BCUT2D eigenvalue weighted by atomic mass is 16.5. The summed E-state index contributed by atoms with van der Waals surface area (Å²) < 4.78 is 0. The molecule has 0 aromatic heterocycles. The highest BCUT2D eigenvalue weighted by molar-refractivity contribution is 5.95. The van der Waals surface area contributed by atoms with Crippen LogP contribution in [0, 0.1) is 5.21 Å². The Balaban J connectivity index is 2.79. The Morgan fingerprint density at radius 3 is 2.47 bits per heavy atom. The van der Waals surface area contributed by atoms with E-state index in [1.54, 1.807) is 19.9 Å².